The van der Waals surface area contributed by atoms with Gasteiger partial charge in [0, 0.05) is 13.6 Å². The average Bonchev–Trinajstić information content (AvgIpc) is 2.10. The van der Waals surface area contributed by atoms with Gasteiger partial charge in [0.25, 0.3) is 0 Å². The topological polar surface area (TPSA) is 37.4 Å². The predicted octanol–water partition coefficient (Wildman–Crippen LogP) is 2.90. The Bertz CT molecular complexity index is 375. The van der Waals surface area contributed by atoms with Crippen LogP contribution in [0, 0.1) is 10.8 Å². The van der Waals surface area contributed by atoms with Gasteiger partial charge in [-0.3, -0.25) is 0 Å². The maximum Gasteiger partial charge on any atom is 0.210 e. The highest BCUT2D eigenvalue weighted by Gasteiger charge is 2.30. The lowest BCUT2D eigenvalue weighted by Gasteiger charge is -2.36. The summed E-state index contributed by atoms with van der Waals surface area (Å²) in [5.74, 6) is 0. The van der Waals surface area contributed by atoms with Gasteiger partial charge in [0.1, 0.15) is 0 Å². The van der Waals surface area contributed by atoms with E-state index in [1.807, 2.05) is 0 Å². The van der Waals surface area contributed by atoms with Crippen LogP contribution < -0.4 is 0 Å². The van der Waals surface area contributed by atoms with E-state index in [1.54, 1.807) is 7.05 Å². The first-order valence-corrected chi connectivity index (χ1v) is 7.74. The van der Waals surface area contributed by atoms with Crippen LogP contribution in [0.3, 0.4) is 0 Å². The monoisotopic (exact) mass is 261 g/mol. The van der Waals surface area contributed by atoms with Crippen molar-refractivity contribution in [3.05, 3.63) is 12.2 Å². The smallest absolute Gasteiger partial charge is 0.210 e. The maximum atomic E-state index is 11.3. The van der Waals surface area contributed by atoms with E-state index in [1.165, 1.54) is 10.6 Å². The largest absolute Gasteiger partial charge is 0.213 e. The molecule has 0 spiro atoms. The first kappa shape index (κ1) is 16.6. The fourth-order valence-corrected chi connectivity index (χ4v) is 2.19. The summed E-state index contributed by atoms with van der Waals surface area (Å²) in [6.07, 6.45) is 2.02. The average molecular weight is 261 g/mol. The Morgan fingerprint density at radius 3 is 1.88 bits per heavy atom. The van der Waals surface area contributed by atoms with Crippen LogP contribution in [0.4, 0.5) is 0 Å². The van der Waals surface area contributed by atoms with Crippen molar-refractivity contribution in [1.29, 1.82) is 0 Å². The van der Waals surface area contributed by atoms with Crippen molar-refractivity contribution >= 4 is 10.0 Å². The summed E-state index contributed by atoms with van der Waals surface area (Å²) in [7, 11) is -1.47. The van der Waals surface area contributed by atoms with Crippen LogP contribution in [0.2, 0.25) is 0 Å². The van der Waals surface area contributed by atoms with Crippen LogP contribution in [-0.4, -0.2) is 32.6 Å². The molecule has 0 aliphatic rings. The Labute approximate surface area is 107 Å². The maximum absolute atomic E-state index is 11.3. The lowest BCUT2D eigenvalue weighted by atomic mass is 9.70. The molecule has 0 amide bonds. The molecule has 0 unspecified atom stereocenters. The molecule has 0 saturated carbocycles. The summed E-state index contributed by atoms with van der Waals surface area (Å²) in [5, 5.41) is 0. The molecule has 0 atom stereocenters. The Morgan fingerprint density at radius 1 is 1.18 bits per heavy atom. The number of hydrogen-bond acceptors (Lipinski definition) is 2. The highest BCUT2D eigenvalue weighted by molar-refractivity contribution is 7.88. The zero-order valence-electron chi connectivity index (χ0n) is 12.3. The molecule has 0 aliphatic carbocycles. The van der Waals surface area contributed by atoms with E-state index in [4.69, 9.17) is 0 Å². The molecule has 102 valence electrons. The molecule has 4 heteroatoms. The van der Waals surface area contributed by atoms with Gasteiger partial charge < -0.3 is 0 Å². The van der Waals surface area contributed by atoms with Crippen LogP contribution >= 0.6 is 0 Å². The van der Waals surface area contributed by atoms with E-state index in [9.17, 15) is 8.42 Å². The quantitative estimate of drug-likeness (QED) is 0.714. The van der Waals surface area contributed by atoms with Gasteiger partial charge in [-0.25, -0.2) is 12.7 Å². The first-order valence-electron chi connectivity index (χ1n) is 5.89. The number of sulfonamides is 1. The molecular weight excluding hydrogens is 234 g/mol. The molecule has 0 saturated heterocycles. The van der Waals surface area contributed by atoms with Gasteiger partial charge in [0.2, 0.25) is 10.0 Å². The van der Waals surface area contributed by atoms with Gasteiger partial charge in [0.15, 0.2) is 0 Å². The van der Waals surface area contributed by atoms with Gasteiger partial charge >= 0.3 is 0 Å². The van der Waals surface area contributed by atoms with E-state index >= 15 is 0 Å². The van der Waals surface area contributed by atoms with Crippen molar-refractivity contribution in [2.24, 2.45) is 10.8 Å². The summed E-state index contributed by atoms with van der Waals surface area (Å²) in [6, 6.07) is 0. The summed E-state index contributed by atoms with van der Waals surface area (Å²) in [5.41, 5.74) is 1.15. The van der Waals surface area contributed by atoms with Crippen molar-refractivity contribution in [2.75, 3.05) is 19.8 Å². The van der Waals surface area contributed by atoms with E-state index in [2.05, 4.69) is 41.2 Å². The third-order valence-electron chi connectivity index (χ3n) is 3.34. The minimum Gasteiger partial charge on any atom is -0.213 e. The lowest BCUT2D eigenvalue weighted by Crippen LogP contribution is -2.32. The molecule has 0 fully saturated rings. The van der Waals surface area contributed by atoms with E-state index in [-0.39, 0.29) is 10.8 Å². The second kappa shape index (κ2) is 5.11. The Hall–Kier alpha value is -0.350. The summed E-state index contributed by atoms with van der Waals surface area (Å²) in [4.78, 5) is 0. The molecule has 0 bridgehead atoms. The lowest BCUT2D eigenvalue weighted by molar-refractivity contribution is 0.295. The molecule has 0 N–H and O–H groups in total. The standard InChI is InChI=1S/C13H27NO2S/c1-11(12(2,3)4)13(5,6)9-10-14(7)17(8,15)16/h1,9-10H2,2-8H3. The summed E-state index contributed by atoms with van der Waals surface area (Å²) >= 11 is 0. The van der Waals surface area contributed by atoms with Gasteiger partial charge in [-0.2, -0.15) is 0 Å². The second-order valence-corrected chi connectivity index (χ2v) is 8.54. The second-order valence-electron chi connectivity index (χ2n) is 6.45. The SMILES string of the molecule is C=C(C(C)(C)C)C(C)(C)CCN(C)S(C)(=O)=O. The van der Waals surface area contributed by atoms with Crippen LogP contribution in [0.15, 0.2) is 12.2 Å². The number of allylic oxidation sites excluding steroid dienone is 1. The first-order chi connectivity index (χ1) is 7.28. The highest BCUT2D eigenvalue weighted by atomic mass is 32.2. The van der Waals surface area contributed by atoms with Gasteiger partial charge in [-0.05, 0) is 17.3 Å². The molecule has 17 heavy (non-hydrogen) atoms. The van der Waals surface area contributed by atoms with Crippen LogP contribution in [0.25, 0.3) is 0 Å². The minimum absolute atomic E-state index is 0.0488. The molecule has 0 aromatic rings. The molecule has 0 aromatic carbocycles. The predicted molar refractivity (Wildman–Crippen MR) is 74.5 cm³/mol. The Kier molecular flexibility index (Phi) is 5.00. The molecule has 0 radical (unpaired) electrons. The third kappa shape index (κ3) is 5.21. The van der Waals surface area contributed by atoms with Crippen molar-refractivity contribution in [1.82, 2.24) is 4.31 Å². The highest BCUT2D eigenvalue weighted by Crippen LogP contribution is 2.40. The van der Waals surface area contributed by atoms with Crippen molar-refractivity contribution in [2.45, 2.75) is 41.0 Å². The van der Waals surface area contributed by atoms with Crippen molar-refractivity contribution < 1.29 is 8.42 Å². The van der Waals surface area contributed by atoms with Gasteiger partial charge in [-0.15, -0.1) is 0 Å². The number of rotatable bonds is 5. The summed E-state index contributed by atoms with van der Waals surface area (Å²) < 4.78 is 24.0. The van der Waals surface area contributed by atoms with Crippen LogP contribution in [-0.2, 0) is 10.0 Å². The van der Waals surface area contributed by atoms with Crippen molar-refractivity contribution in [3.8, 4) is 0 Å². The molecule has 0 aromatic heterocycles. The van der Waals surface area contributed by atoms with Crippen LogP contribution in [0.5, 0.6) is 0 Å². The van der Waals surface area contributed by atoms with Gasteiger partial charge in [0.05, 0.1) is 6.26 Å². The molecule has 0 heterocycles. The number of nitrogens with zero attached hydrogens (tertiary/aromatic N) is 1. The van der Waals surface area contributed by atoms with Gasteiger partial charge in [-0.1, -0.05) is 46.8 Å². The van der Waals surface area contributed by atoms with Crippen LogP contribution in [0.1, 0.15) is 41.0 Å². The fraction of sp³-hybridized carbons (Fsp3) is 0.846. The van der Waals surface area contributed by atoms with E-state index in [0.29, 0.717) is 6.54 Å². The van der Waals surface area contributed by atoms with E-state index in [0.717, 1.165) is 12.0 Å². The molecular formula is C13H27NO2S. The summed E-state index contributed by atoms with van der Waals surface area (Å²) in [6.45, 7) is 15.4. The Balaban J connectivity index is 4.64. The normalized spacial score (nSPS) is 14.1. The Morgan fingerprint density at radius 2 is 1.59 bits per heavy atom. The molecule has 3 nitrogen and oxygen atoms in total. The number of hydrogen-bond donors (Lipinski definition) is 0. The third-order valence-corrected chi connectivity index (χ3v) is 4.66. The van der Waals surface area contributed by atoms with E-state index < -0.39 is 10.0 Å². The zero-order chi connectivity index (χ0) is 14.1. The fourth-order valence-electron chi connectivity index (χ4n) is 1.77. The molecule has 0 rings (SSSR count). The molecule has 0 aliphatic heterocycles. The minimum atomic E-state index is -3.08. The zero-order valence-corrected chi connectivity index (χ0v) is 13.1. The van der Waals surface area contributed by atoms with Crippen molar-refractivity contribution in [3.63, 3.8) is 0 Å².